The van der Waals surface area contributed by atoms with Crippen molar-refractivity contribution in [3.63, 3.8) is 0 Å². The standard InChI is InChI=1S/C13H16O5/c1-8(13(14)15)5-9-6-10(16-2)12(18-4)11(7-9)17-3/h6-7H,1,5H2,2-4H3,(H,14,15). The van der Waals surface area contributed by atoms with Crippen LogP contribution in [-0.4, -0.2) is 32.4 Å². The van der Waals surface area contributed by atoms with E-state index in [1.807, 2.05) is 0 Å². The van der Waals surface area contributed by atoms with Crippen LogP contribution in [0.15, 0.2) is 24.3 Å². The first-order valence-electron chi connectivity index (χ1n) is 5.23. The fourth-order valence-corrected chi connectivity index (χ4v) is 1.56. The molecule has 0 heterocycles. The summed E-state index contributed by atoms with van der Waals surface area (Å²) in [6, 6.07) is 3.41. The van der Waals surface area contributed by atoms with Crippen molar-refractivity contribution in [1.82, 2.24) is 0 Å². The van der Waals surface area contributed by atoms with Crippen LogP contribution in [0.2, 0.25) is 0 Å². The molecule has 0 atom stereocenters. The predicted octanol–water partition coefficient (Wildman–Crippen LogP) is 1.90. The minimum absolute atomic E-state index is 0.101. The van der Waals surface area contributed by atoms with Gasteiger partial charge in [0.15, 0.2) is 11.5 Å². The summed E-state index contributed by atoms with van der Waals surface area (Å²) in [7, 11) is 4.52. The second-order valence-corrected chi connectivity index (χ2v) is 3.62. The molecular weight excluding hydrogens is 236 g/mol. The molecule has 98 valence electrons. The molecule has 0 bridgehead atoms. The summed E-state index contributed by atoms with van der Waals surface area (Å²) >= 11 is 0. The SMILES string of the molecule is C=C(Cc1cc(OC)c(OC)c(OC)c1)C(=O)O. The Balaban J connectivity index is 3.15. The van der Waals surface area contributed by atoms with Crippen LogP contribution < -0.4 is 14.2 Å². The maximum absolute atomic E-state index is 10.7. The molecule has 1 aromatic rings. The molecule has 0 aliphatic heterocycles. The third-order valence-electron chi connectivity index (χ3n) is 2.44. The van der Waals surface area contributed by atoms with E-state index in [-0.39, 0.29) is 12.0 Å². The second-order valence-electron chi connectivity index (χ2n) is 3.62. The number of rotatable bonds is 6. The van der Waals surface area contributed by atoms with Gasteiger partial charge in [-0.2, -0.15) is 0 Å². The van der Waals surface area contributed by atoms with Crippen molar-refractivity contribution in [2.24, 2.45) is 0 Å². The summed E-state index contributed by atoms with van der Waals surface area (Å²) in [5.74, 6) is 0.434. The van der Waals surface area contributed by atoms with E-state index in [2.05, 4.69) is 6.58 Å². The zero-order valence-corrected chi connectivity index (χ0v) is 10.6. The van der Waals surface area contributed by atoms with Gasteiger partial charge in [-0.05, 0) is 17.7 Å². The van der Waals surface area contributed by atoms with Crippen LogP contribution in [0.4, 0.5) is 0 Å². The van der Waals surface area contributed by atoms with Gasteiger partial charge in [-0.1, -0.05) is 6.58 Å². The number of ether oxygens (including phenoxy) is 3. The van der Waals surface area contributed by atoms with Crippen molar-refractivity contribution < 1.29 is 24.1 Å². The number of methoxy groups -OCH3 is 3. The molecule has 0 fully saturated rings. The molecule has 0 aliphatic carbocycles. The lowest BCUT2D eigenvalue weighted by atomic mass is 10.1. The number of hydrogen-bond acceptors (Lipinski definition) is 4. The molecule has 1 N–H and O–H groups in total. The summed E-state index contributed by atoms with van der Waals surface area (Å²) in [5.41, 5.74) is 0.834. The van der Waals surface area contributed by atoms with E-state index in [0.717, 1.165) is 5.56 Å². The van der Waals surface area contributed by atoms with Crippen molar-refractivity contribution >= 4 is 5.97 Å². The Bertz CT molecular complexity index is 439. The maximum atomic E-state index is 10.7. The highest BCUT2D eigenvalue weighted by atomic mass is 16.5. The quantitative estimate of drug-likeness (QED) is 0.783. The minimum atomic E-state index is -1.02. The highest BCUT2D eigenvalue weighted by Crippen LogP contribution is 2.38. The zero-order valence-electron chi connectivity index (χ0n) is 10.6. The smallest absolute Gasteiger partial charge is 0.331 e. The van der Waals surface area contributed by atoms with Gasteiger partial charge in [0.2, 0.25) is 5.75 Å². The molecule has 0 aliphatic rings. The van der Waals surface area contributed by atoms with Crippen LogP contribution >= 0.6 is 0 Å². The average Bonchev–Trinajstić information content (AvgIpc) is 2.37. The molecule has 5 nitrogen and oxygen atoms in total. The van der Waals surface area contributed by atoms with E-state index in [4.69, 9.17) is 19.3 Å². The van der Waals surface area contributed by atoms with Crippen molar-refractivity contribution in [3.8, 4) is 17.2 Å². The summed E-state index contributed by atoms with van der Waals surface area (Å²) < 4.78 is 15.5. The highest BCUT2D eigenvalue weighted by Gasteiger charge is 2.14. The van der Waals surface area contributed by atoms with E-state index in [1.54, 1.807) is 12.1 Å². The number of carboxylic acids is 1. The number of benzene rings is 1. The Morgan fingerprint density at radius 1 is 1.17 bits per heavy atom. The molecule has 0 unspecified atom stereocenters. The van der Waals surface area contributed by atoms with Gasteiger partial charge in [0.25, 0.3) is 0 Å². The van der Waals surface area contributed by atoms with E-state index < -0.39 is 5.97 Å². The van der Waals surface area contributed by atoms with Gasteiger partial charge in [-0.15, -0.1) is 0 Å². The van der Waals surface area contributed by atoms with Crippen LogP contribution in [0.5, 0.6) is 17.2 Å². The molecule has 0 saturated carbocycles. The molecule has 18 heavy (non-hydrogen) atoms. The monoisotopic (exact) mass is 252 g/mol. The molecule has 0 saturated heterocycles. The summed E-state index contributed by atoms with van der Waals surface area (Å²) in [4.78, 5) is 10.7. The van der Waals surface area contributed by atoms with E-state index in [0.29, 0.717) is 17.2 Å². The average molecular weight is 252 g/mol. The van der Waals surface area contributed by atoms with Gasteiger partial charge in [-0.3, -0.25) is 0 Å². The summed E-state index contributed by atoms with van der Waals surface area (Å²) in [6.07, 6.45) is 0.214. The molecule has 1 aromatic carbocycles. The Kier molecular flexibility index (Phi) is 4.59. The normalized spacial score (nSPS) is 9.72. The number of hydrogen-bond donors (Lipinski definition) is 1. The lowest BCUT2D eigenvalue weighted by Gasteiger charge is -2.14. The Morgan fingerprint density at radius 2 is 1.67 bits per heavy atom. The zero-order chi connectivity index (χ0) is 13.7. The molecule has 0 spiro atoms. The third kappa shape index (κ3) is 2.94. The number of carboxylic acid groups (broad SMARTS) is 1. The fourth-order valence-electron chi connectivity index (χ4n) is 1.56. The van der Waals surface area contributed by atoms with Gasteiger partial charge in [-0.25, -0.2) is 4.79 Å². The lowest BCUT2D eigenvalue weighted by Crippen LogP contribution is -2.03. The van der Waals surface area contributed by atoms with E-state index in [1.165, 1.54) is 21.3 Å². The Labute approximate surface area is 106 Å². The first kappa shape index (κ1) is 13.9. The van der Waals surface area contributed by atoms with Crippen LogP contribution in [-0.2, 0) is 11.2 Å². The van der Waals surface area contributed by atoms with Crippen molar-refractivity contribution in [2.45, 2.75) is 6.42 Å². The number of aliphatic carboxylic acids is 1. The van der Waals surface area contributed by atoms with Gasteiger partial charge < -0.3 is 19.3 Å². The van der Waals surface area contributed by atoms with Gasteiger partial charge >= 0.3 is 5.97 Å². The van der Waals surface area contributed by atoms with E-state index in [9.17, 15) is 4.79 Å². The topological polar surface area (TPSA) is 65.0 Å². The molecule has 1 rings (SSSR count). The van der Waals surface area contributed by atoms with Gasteiger partial charge in [0, 0.05) is 12.0 Å². The molecule has 0 aromatic heterocycles. The van der Waals surface area contributed by atoms with Crippen LogP contribution in [0.3, 0.4) is 0 Å². The number of carbonyl (C=O) groups is 1. The summed E-state index contributed by atoms with van der Waals surface area (Å²) in [5, 5.41) is 8.81. The van der Waals surface area contributed by atoms with Crippen molar-refractivity contribution in [1.29, 1.82) is 0 Å². The largest absolute Gasteiger partial charge is 0.493 e. The maximum Gasteiger partial charge on any atom is 0.331 e. The van der Waals surface area contributed by atoms with Crippen LogP contribution in [0, 0.1) is 0 Å². The Morgan fingerprint density at radius 3 is 2.00 bits per heavy atom. The van der Waals surface area contributed by atoms with Crippen molar-refractivity contribution in [2.75, 3.05) is 21.3 Å². The predicted molar refractivity (Wildman–Crippen MR) is 66.6 cm³/mol. The van der Waals surface area contributed by atoms with E-state index >= 15 is 0 Å². The van der Waals surface area contributed by atoms with Crippen LogP contribution in [0.25, 0.3) is 0 Å². The van der Waals surface area contributed by atoms with Gasteiger partial charge in [0.05, 0.1) is 21.3 Å². The second kappa shape index (κ2) is 5.95. The molecule has 0 radical (unpaired) electrons. The van der Waals surface area contributed by atoms with Crippen molar-refractivity contribution in [3.05, 3.63) is 29.8 Å². The molecule has 5 heteroatoms. The Hall–Kier alpha value is -2.17. The fraction of sp³-hybridized carbons (Fsp3) is 0.308. The first-order valence-corrected chi connectivity index (χ1v) is 5.23. The minimum Gasteiger partial charge on any atom is -0.493 e. The molecular formula is C13H16O5. The first-order chi connectivity index (χ1) is 8.53. The lowest BCUT2D eigenvalue weighted by molar-refractivity contribution is -0.132. The third-order valence-corrected chi connectivity index (χ3v) is 2.44. The molecule has 0 amide bonds. The summed E-state index contributed by atoms with van der Waals surface area (Å²) in [6.45, 7) is 3.49. The highest BCUT2D eigenvalue weighted by molar-refractivity contribution is 5.86. The van der Waals surface area contributed by atoms with Crippen LogP contribution in [0.1, 0.15) is 5.56 Å². The van der Waals surface area contributed by atoms with Gasteiger partial charge in [0.1, 0.15) is 0 Å².